The standard InChI is InChI=1S/C19H20N6O4S/c1-13(24-30(28,29)18-9-5-15(6-10-18)22-14(2)26)19(27)23-16-3-7-17(8-4-16)25-12-20-11-21-25/h3-13,24H,1-2H3,(H,22,26)(H,23,27)/t13-/m0/s1. The van der Waals surface area contributed by atoms with Crippen molar-refractivity contribution in [3.05, 3.63) is 61.2 Å². The molecule has 2 amide bonds. The summed E-state index contributed by atoms with van der Waals surface area (Å²) in [7, 11) is -3.92. The van der Waals surface area contributed by atoms with E-state index < -0.39 is 22.0 Å². The van der Waals surface area contributed by atoms with Gasteiger partial charge in [-0.3, -0.25) is 9.59 Å². The molecule has 0 aliphatic rings. The van der Waals surface area contributed by atoms with Crippen molar-refractivity contribution in [2.24, 2.45) is 0 Å². The molecule has 3 rings (SSSR count). The average molecular weight is 428 g/mol. The summed E-state index contributed by atoms with van der Waals surface area (Å²) in [6.45, 7) is 2.80. The fourth-order valence-electron chi connectivity index (χ4n) is 2.56. The van der Waals surface area contributed by atoms with Crippen LogP contribution in [0.15, 0.2) is 66.1 Å². The van der Waals surface area contributed by atoms with Crippen molar-refractivity contribution in [2.75, 3.05) is 10.6 Å². The third-order valence-corrected chi connectivity index (χ3v) is 5.58. The van der Waals surface area contributed by atoms with Crippen molar-refractivity contribution in [1.82, 2.24) is 19.5 Å². The SMILES string of the molecule is CC(=O)Nc1ccc(S(=O)(=O)N[C@@H](C)C(=O)Nc2ccc(-n3cncn3)cc2)cc1. The van der Waals surface area contributed by atoms with Gasteiger partial charge in [0, 0.05) is 18.3 Å². The molecule has 1 heterocycles. The van der Waals surface area contributed by atoms with E-state index in [1.165, 1.54) is 44.4 Å². The Balaban J connectivity index is 1.62. The molecule has 2 aromatic carbocycles. The summed E-state index contributed by atoms with van der Waals surface area (Å²) in [4.78, 5) is 27.3. The number of carbonyl (C=O) groups excluding carboxylic acids is 2. The summed E-state index contributed by atoms with van der Waals surface area (Å²) in [6, 6.07) is 11.5. The van der Waals surface area contributed by atoms with E-state index >= 15 is 0 Å². The van der Waals surface area contributed by atoms with Crippen LogP contribution in [-0.4, -0.2) is 41.0 Å². The van der Waals surface area contributed by atoms with E-state index in [0.29, 0.717) is 11.4 Å². The van der Waals surface area contributed by atoms with Crippen LogP contribution < -0.4 is 15.4 Å². The summed E-state index contributed by atoms with van der Waals surface area (Å²) in [5.41, 5.74) is 1.75. The molecule has 0 unspecified atom stereocenters. The number of hydrogen-bond donors (Lipinski definition) is 3. The molecule has 30 heavy (non-hydrogen) atoms. The molecule has 0 spiro atoms. The highest BCUT2D eigenvalue weighted by atomic mass is 32.2. The highest BCUT2D eigenvalue weighted by molar-refractivity contribution is 7.89. The first kappa shape index (κ1) is 21.1. The number of hydrogen-bond acceptors (Lipinski definition) is 6. The van der Waals surface area contributed by atoms with Gasteiger partial charge < -0.3 is 10.6 Å². The number of benzene rings is 2. The number of sulfonamides is 1. The monoisotopic (exact) mass is 428 g/mol. The molecule has 0 radical (unpaired) electrons. The van der Waals surface area contributed by atoms with Crippen molar-refractivity contribution in [3.63, 3.8) is 0 Å². The van der Waals surface area contributed by atoms with Gasteiger partial charge in [-0.25, -0.2) is 18.1 Å². The maximum Gasteiger partial charge on any atom is 0.242 e. The number of amides is 2. The minimum absolute atomic E-state index is 0.0200. The molecule has 1 aromatic heterocycles. The quantitative estimate of drug-likeness (QED) is 0.522. The van der Waals surface area contributed by atoms with Gasteiger partial charge >= 0.3 is 0 Å². The van der Waals surface area contributed by atoms with Crippen molar-refractivity contribution in [3.8, 4) is 5.69 Å². The third-order valence-electron chi connectivity index (χ3n) is 4.03. The fraction of sp³-hybridized carbons (Fsp3) is 0.158. The molecule has 11 heteroatoms. The van der Waals surface area contributed by atoms with Gasteiger partial charge in [0.05, 0.1) is 16.6 Å². The van der Waals surface area contributed by atoms with Crippen LogP contribution in [0.25, 0.3) is 5.69 Å². The minimum atomic E-state index is -3.92. The van der Waals surface area contributed by atoms with Gasteiger partial charge in [-0.15, -0.1) is 0 Å². The first-order valence-electron chi connectivity index (χ1n) is 8.90. The lowest BCUT2D eigenvalue weighted by atomic mass is 10.2. The smallest absolute Gasteiger partial charge is 0.242 e. The molecule has 156 valence electrons. The van der Waals surface area contributed by atoms with Gasteiger partial charge in [0.2, 0.25) is 21.8 Å². The van der Waals surface area contributed by atoms with Crippen molar-refractivity contribution >= 4 is 33.2 Å². The predicted molar refractivity (Wildman–Crippen MR) is 111 cm³/mol. The van der Waals surface area contributed by atoms with E-state index in [9.17, 15) is 18.0 Å². The number of nitrogens with zero attached hydrogens (tertiary/aromatic N) is 3. The zero-order valence-electron chi connectivity index (χ0n) is 16.2. The molecule has 0 saturated carbocycles. The van der Waals surface area contributed by atoms with Gasteiger partial charge in [-0.2, -0.15) is 9.82 Å². The number of aromatic nitrogens is 3. The zero-order valence-corrected chi connectivity index (χ0v) is 17.1. The number of carbonyl (C=O) groups is 2. The summed E-state index contributed by atoms with van der Waals surface area (Å²) in [6.07, 6.45) is 2.96. The Morgan fingerprint density at radius 2 is 1.57 bits per heavy atom. The van der Waals surface area contributed by atoms with Crippen LogP contribution in [0, 0.1) is 0 Å². The summed E-state index contributed by atoms with van der Waals surface area (Å²) < 4.78 is 28.9. The Kier molecular flexibility index (Phi) is 6.23. The van der Waals surface area contributed by atoms with Crippen molar-refractivity contribution < 1.29 is 18.0 Å². The Hall–Kier alpha value is -3.57. The topological polar surface area (TPSA) is 135 Å². The minimum Gasteiger partial charge on any atom is -0.326 e. The van der Waals surface area contributed by atoms with E-state index in [4.69, 9.17) is 0 Å². The highest BCUT2D eigenvalue weighted by Crippen LogP contribution is 2.15. The molecule has 0 fully saturated rings. The van der Waals surface area contributed by atoms with E-state index in [1.807, 2.05) is 0 Å². The van der Waals surface area contributed by atoms with Crippen LogP contribution in [0.3, 0.4) is 0 Å². The van der Waals surface area contributed by atoms with E-state index in [2.05, 4.69) is 25.4 Å². The lowest BCUT2D eigenvalue weighted by molar-refractivity contribution is -0.117. The number of rotatable bonds is 7. The van der Waals surface area contributed by atoms with Gasteiger partial charge in [0.15, 0.2) is 0 Å². The summed E-state index contributed by atoms with van der Waals surface area (Å²) in [5.74, 6) is -0.773. The molecule has 0 saturated heterocycles. The Morgan fingerprint density at radius 1 is 0.967 bits per heavy atom. The average Bonchev–Trinajstić information content (AvgIpc) is 3.23. The van der Waals surface area contributed by atoms with Crippen molar-refractivity contribution in [1.29, 1.82) is 0 Å². The normalized spacial score (nSPS) is 12.2. The molecular formula is C19H20N6O4S. The maximum absolute atomic E-state index is 12.5. The van der Waals surface area contributed by atoms with Crippen molar-refractivity contribution in [2.45, 2.75) is 24.8 Å². The second-order valence-corrected chi connectivity index (χ2v) is 8.14. The molecule has 3 N–H and O–H groups in total. The lowest BCUT2D eigenvalue weighted by Crippen LogP contribution is -2.41. The molecule has 3 aromatic rings. The molecule has 0 bridgehead atoms. The first-order chi connectivity index (χ1) is 14.2. The molecule has 10 nitrogen and oxygen atoms in total. The second kappa shape index (κ2) is 8.84. The third kappa shape index (κ3) is 5.27. The summed E-state index contributed by atoms with van der Waals surface area (Å²) >= 11 is 0. The molecular weight excluding hydrogens is 408 g/mol. The summed E-state index contributed by atoms with van der Waals surface area (Å²) in [5, 5.41) is 9.23. The van der Waals surface area contributed by atoms with Crippen LogP contribution >= 0.6 is 0 Å². The first-order valence-corrected chi connectivity index (χ1v) is 10.4. The van der Waals surface area contributed by atoms with Crippen LogP contribution in [-0.2, 0) is 19.6 Å². The van der Waals surface area contributed by atoms with Gasteiger partial charge in [0.25, 0.3) is 0 Å². The van der Waals surface area contributed by atoms with Crippen LogP contribution in [0.2, 0.25) is 0 Å². The van der Waals surface area contributed by atoms with Gasteiger partial charge in [-0.1, -0.05) is 0 Å². The predicted octanol–water partition coefficient (Wildman–Crippen LogP) is 1.53. The van der Waals surface area contributed by atoms with Crippen LogP contribution in [0.4, 0.5) is 11.4 Å². The maximum atomic E-state index is 12.5. The number of anilines is 2. The van der Waals surface area contributed by atoms with Crippen LogP contribution in [0.1, 0.15) is 13.8 Å². The Labute approximate surface area is 173 Å². The number of nitrogens with one attached hydrogen (secondary N) is 3. The van der Waals surface area contributed by atoms with Gasteiger partial charge in [-0.05, 0) is 55.5 Å². The van der Waals surface area contributed by atoms with Gasteiger partial charge in [0.1, 0.15) is 12.7 Å². The molecule has 0 aliphatic heterocycles. The van der Waals surface area contributed by atoms with Crippen LogP contribution in [0.5, 0.6) is 0 Å². The Morgan fingerprint density at radius 3 is 2.13 bits per heavy atom. The van der Waals surface area contributed by atoms with E-state index in [1.54, 1.807) is 35.3 Å². The zero-order chi connectivity index (χ0) is 21.7. The van der Waals surface area contributed by atoms with E-state index in [0.717, 1.165) is 5.69 Å². The fourth-order valence-corrected chi connectivity index (χ4v) is 3.77. The largest absolute Gasteiger partial charge is 0.326 e. The van der Waals surface area contributed by atoms with E-state index in [-0.39, 0.29) is 10.8 Å². The molecule has 1 atom stereocenters. The second-order valence-electron chi connectivity index (χ2n) is 6.42. The molecule has 0 aliphatic carbocycles. The highest BCUT2D eigenvalue weighted by Gasteiger charge is 2.22. The Bertz CT molecular complexity index is 1130. The lowest BCUT2D eigenvalue weighted by Gasteiger charge is -2.15.